The number of ether oxygens (including phenoxy) is 1. The summed E-state index contributed by atoms with van der Waals surface area (Å²) in [7, 11) is 0. The standard InChI is InChI=1S/C26H42Cl2O2/c1-18(2)9-6-10-19(3)11-7-12-20(4)13-8-15-26(5)16-14-21-23(30-26)17-22(27)25(29)24(21)28/h17-20,29H,6-16H2,1-5H3/t19-,20-,26-/m1/s1. The van der Waals surface area contributed by atoms with E-state index in [1.54, 1.807) is 6.07 Å². The van der Waals surface area contributed by atoms with Crippen molar-refractivity contribution in [2.75, 3.05) is 0 Å². The number of hydrogen-bond acceptors (Lipinski definition) is 2. The number of phenolic OH excluding ortho intramolecular Hbond substituents is 1. The average molecular weight is 458 g/mol. The molecule has 0 unspecified atom stereocenters. The van der Waals surface area contributed by atoms with Gasteiger partial charge in [0.1, 0.15) is 11.4 Å². The summed E-state index contributed by atoms with van der Waals surface area (Å²) in [6.07, 6.45) is 13.4. The summed E-state index contributed by atoms with van der Waals surface area (Å²) in [5.41, 5.74) is 0.702. The third-order valence-electron chi connectivity index (χ3n) is 6.79. The zero-order valence-electron chi connectivity index (χ0n) is 19.7. The van der Waals surface area contributed by atoms with E-state index in [2.05, 4.69) is 34.6 Å². The molecule has 0 aromatic heterocycles. The molecule has 0 amide bonds. The Kier molecular flexibility index (Phi) is 10.1. The van der Waals surface area contributed by atoms with Gasteiger partial charge < -0.3 is 9.84 Å². The monoisotopic (exact) mass is 456 g/mol. The van der Waals surface area contributed by atoms with Crippen LogP contribution in [-0.2, 0) is 6.42 Å². The highest BCUT2D eigenvalue weighted by molar-refractivity contribution is 6.37. The van der Waals surface area contributed by atoms with Crippen molar-refractivity contribution in [1.82, 2.24) is 0 Å². The molecule has 1 aromatic carbocycles. The minimum atomic E-state index is -0.179. The molecule has 30 heavy (non-hydrogen) atoms. The Morgan fingerprint density at radius 1 is 0.967 bits per heavy atom. The Balaban J connectivity index is 1.68. The van der Waals surface area contributed by atoms with Gasteiger partial charge in [0, 0.05) is 11.6 Å². The van der Waals surface area contributed by atoms with Crippen molar-refractivity contribution >= 4 is 23.2 Å². The van der Waals surface area contributed by atoms with Crippen LogP contribution in [0, 0.1) is 17.8 Å². The first kappa shape index (κ1) is 25.7. The Bertz CT molecular complexity index is 673. The summed E-state index contributed by atoms with van der Waals surface area (Å²) in [4.78, 5) is 0. The second-order valence-corrected chi connectivity index (χ2v) is 11.2. The maximum absolute atomic E-state index is 9.94. The lowest BCUT2D eigenvalue weighted by Crippen LogP contribution is -2.36. The number of fused-ring (bicyclic) bond motifs is 1. The summed E-state index contributed by atoms with van der Waals surface area (Å²) in [5, 5.41) is 10.5. The molecule has 0 bridgehead atoms. The third-order valence-corrected chi connectivity index (χ3v) is 7.48. The summed E-state index contributed by atoms with van der Waals surface area (Å²) < 4.78 is 6.30. The highest BCUT2D eigenvalue weighted by Crippen LogP contribution is 2.46. The van der Waals surface area contributed by atoms with Gasteiger partial charge in [-0.25, -0.2) is 0 Å². The lowest BCUT2D eigenvalue weighted by molar-refractivity contribution is 0.0524. The van der Waals surface area contributed by atoms with Crippen molar-refractivity contribution < 1.29 is 9.84 Å². The van der Waals surface area contributed by atoms with Gasteiger partial charge in [0.25, 0.3) is 0 Å². The minimum absolute atomic E-state index is 0.0349. The zero-order chi connectivity index (χ0) is 22.3. The molecule has 1 aliphatic heterocycles. The minimum Gasteiger partial charge on any atom is -0.505 e. The number of rotatable bonds is 12. The fourth-order valence-corrected chi connectivity index (χ4v) is 5.17. The Labute approximate surface area is 194 Å². The maximum atomic E-state index is 9.94. The van der Waals surface area contributed by atoms with Gasteiger partial charge in [0.2, 0.25) is 0 Å². The van der Waals surface area contributed by atoms with Crippen molar-refractivity contribution in [2.24, 2.45) is 17.8 Å². The van der Waals surface area contributed by atoms with Gasteiger partial charge in [-0.15, -0.1) is 0 Å². The van der Waals surface area contributed by atoms with Gasteiger partial charge in [0.15, 0.2) is 5.75 Å². The van der Waals surface area contributed by atoms with E-state index in [1.165, 1.54) is 51.4 Å². The fourth-order valence-electron chi connectivity index (χ4n) is 4.63. The molecule has 1 heterocycles. The van der Waals surface area contributed by atoms with Gasteiger partial charge in [-0.2, -0.15) is 0 Å². The molecule has 1 aliphatic rings. The normalized spacial score (nSPS) is 20.7. The lowest BCUT2D eigenvalue weighted by Gasteiger charge is -2.36. The quantitative estimate of drug-likeness (QED) is 0.339. The predicted molar refractivity (Wildman–Crippen MR) is 130 cm³/mol. The molecule has 0 saturated carbocycles. The smallest absolute Gasteiger partial charge is 0.153 e. The van der Waals surface area contributed by atoms with Crippen LogP contribution in [-0.4, -0.2) is 10.7 Å². The SMILES string of the molecule is CC(C)CCC[C@@H](C)CCC[C@@H](C)CCC[C@]1(C)CCc2c(cc(Cl)c(O)c2Cl)O1. The van der Waals surface area contributed by atoms with E-state index < -0.39 is 0 Å². The molecular weight excluding hydrogens is 415 g/mol. The van der Waals surface area contributed by atoms with Crippen LogP contribution in [0.4, 0.5) is 0 Å². The molecule has 2 nitrogen and oxygen atoms in total. The van der Waals surface area contributed by atoms with Crippen molar-refractivity contribution in [1.29, 1.82) is 0 Å². The molecule has 0 aliphatic carbocycles. The lowest BCUT2D eigenvalue weighted by atomic mass is 9.86. The molecule has 172 valence electrons. The van der Waals surface area contributed by atoms with E-state index in [0.717, 1.165) is 48.3 Å². The van der Waals surface area contributed by atoms with E-state index in [0.29, 0.717) is 5.02 Å². The van der Waals surface area contributed by atoms with Crippen LogP contribution in [0.15, 0.2) is 6.07 Å². The van der Waals surface area contributed by atoms with E-state index in [9.17, 15) is 5.11 Å². The second-order valence-electron chi connectivity index (χ2n) is 10.4. The van der Waals surface area contributed by atoms with Crippen LogP contribution >= 0.6 is 23.2 Å². The van der Waals surface area contributed by atoms with Gasteiger partial charge in [-0.3, -0.25) is 0 Å². The third kappa shape index (κ3) is 7.83. The molecule has 0 saturated heterocycles. The summed E-state index contributed by atoms with van der Waals surface area (Å²) >= 11 is 12.3. The molecule has 1 N–H and O–H groups in total. The molecule has 0 spiro atoms. The van der Waals surface area contributed by atoms with Crippen LogP contribution in [0.25, 0.3) is 0 Å². The van der Waals surface area contributed by atoms with E-state index in [1.807, 2.05) is 0 Å². The van der Waals surface area contributed by atoms with Crippen molar-refractivity contribution in [3.05, 3.63) is 21.7 Å². The van der Waals surface area contributed by atoms with Crippen LogP contribution < -0.4 is 4.74 Å². The first-order chi connectivity index (χ1) is 14.1. The summed E-state index contributed by atoms with van der Waals surface area (Å²) in [6, 6.07) is 1.71. The Hall–Kier alpha value is -0.600. The Morgan fingerprint density at radius 2 is 1.53 bits per heavy atom. The first-order valence-electron chi connectivity index (χ1n) is 12.0. The molecule has 3 atom stereocenters. The molecule has 1 aromatic rings. The summed E-state index contributed by atoms with van der Waals surface area (Å²) in [6.45, 7) is 11.6. The maximum Gasteiger partial charge on any atom is 0.153 e. The van der Waals surface area contributed by atoms with Gasteiger partial charge in [-0.1, -0.05) is 95.8 Å². The van der Waals surface area contributed by atoms with E-state index in [-0.39, 0.29) is 16.4 Å². The van der Waals surface area contributed by atoms with E-state index in [4.69, 9.17) is 27.9 Å². The number of halogens is 2. The highest BCUT2D eigenvalue weighted by Gasteiger charge is 2.33. The molecule has 4 heteroatoms. The average Bonchev–Trinajstić information content (AvgIpc) is 2.65. The molecular formula is C26H42Cl2O2. The van der Waals surface area contributed by atoms with Gasteiger partial charge in [0.05, 0.1) is 10.0 Å². The highest BCUT2D eigenvalue weighted by atomic mass is 35.5. The number of benzene rings is 1. The first-order valence-corrected chi connectivity index (χ1v) is 12.8. The molecule has 0 fully saturated rings. The number of phenols is 1. The number of aromatic hydroxyl groups is 1. The van der Waals surface area contributed by atoms with Crippen molar-refractivity contribution in [2.45, 2.75) is 111 Å². The molecule has 0 radical (unpaired) electrons. The van der Waals surface area contributed by atoms with Crippen LogP contribution in [0.5, 0.6) is 11.5 Å². The van der Waals surface area contributed by atoms with Gasteiger partial charge in [-0.05, 0) is 50.4 Å². The van der Waals surface area contributed by atoms with Crippen molar-refractivity contribution in [3.63, 3.8) is 0 Å². The zero-order valence-corrected chi connectivity index (χ0v) is 21.2. The predicted octanol–water partition coefficient (Wildman–Crippen LogP) is 9.22. The fraction of sp³-hybridized carbons (Fsp3) is 0.769. The Morgan fingerprint density at radius 3 is 2.13 bits per heavy atom. The van der Waals surface area contributed by atoms with Crippen LogP contribution in [0.3, 0.4) is 0 Å². The number of hydrogen-bond donors (Lipinski definition) is 1. The largest absolute Gasteiger partial charge is 0.505 e. The van der Waals surface area contributed by atoms with Gasteiger partial charge >= 0.3 is 0 Å². The topological polar surface area (TPSA) is 29.5 Å². The van der Waals surface area contributed by atoms with Crippen LogP contribution in [0.2, 0.25) is 10.0 Å². The van der Waals surface area contributed by atoms with E-state index >= 15 is 0 Å². The summed E-state index contributed by atoms with van der Waals surface area (Å²) in [5.74, 6) is 3.17. The molecule has 2 rings (SSSR count). The van der Waals surface area contributed by atoms with Crippen molar-refractivity contribution in [3.8, 4) is 11.5 Å². The van der Waals surface area contributed by atoms with Crippen LogP contribution in [0.1, 0.15) is 104 Å². The second kappa shape index (κ2) is 11.9.